The molecule has 1 saturated heterocycles. The number of methoxy groups -OCH3 is 1. The van der Waals surface area contributed by atoms with Crippen molar-refractivity contribution in [3.05, 3.63) is 28.8 Å². The van der Waals surface area contributed by atoms with Crippen molar-refractivity contribution in [2.75, 3.05) is 37.4 Å². The smallest absolute Gasteiger partial charge is 0.258 e. The highest BCUT2D eigenvalue weighted by molar-refractivity contribution is 5.88. The summed E-state index contributed by atoms with van der Waals surface area (Å²) in [5, 5.41) is 0.529. The fourth-order valence-electron chi connectivity index (χ4n) is 2.82. The van der Waals surface area contributed by atoms with Crippen molar-refractivity contribution in [1.82, 2.24) is 9.97 Å². The molecule has 2 heterocycles. The minimum Gasteiger partial charge on any atom is -0.397 e. The molecule has 0 spiro atoms. The van der Waals surface area contributed by atoms with Crippen LogP contribution in [0.25, 0.3) is 10.9 Å². The molecule has 0 radical (unpaired) electrons. The van der Waals surface area contributed by atoms with Crippen LogP contribution in [0.4, 0.5) is 11.4 Å². The predicted octanol–water partition coefficient (Wildman–Crippen LogP) is 0.978. The Hall–Kier alpha value is -2.08. The van der Waals surface area contributed by atoms with Gasteiger partial charge in [0.05, 0.1) is 35.2 Å². The number of nitrogen functional groups attached to an aromatic ring is 1. The van der Waals surface area contributed by atoms with Gasteiger partial charge < -0.3 is 20.4 Å². The van der Waals surface area contributed by atoms with Gasteiger partial charge in [-0.1, -0.05) is 0 Å². The molecule has 1 aromatic carbocycles. The normalized spacial score (nSPS) is 18.9. The lowest BCUT2D eigenvalue weighted by Gasteiger charge is -2.21. The van der Waals surface area contributed by atoms with Crippen LogP contribution in [0.2, 0.25) is 0 Å². The van der Waals surface area contributed by atoms with Crippen molar-refractivity contribution in [2.45, 2.75) is 6.42 Å². The molecule has 0 amide bonds. The summed E-state index contributed by atoms with van der Waals surface area (Å²) in [5.74, 6) is 0.530. The van der Waals surface area contributed by atoms with Gasteiger partial charge in [0, 0.05) is 26.1 Å². The molecule has 1 fully saturated rings. The van der Waals surface area contributed by atoms with E-state index in [0.717, 1.165) is 31.8 Å². The van der Waals surface area contributed by atoms with Crippen LogP contribution in [-0.2, 0) is 4.74 Å². The molecule has 1 atom stereocenters. The molecule has 106 valence electrons. The number of ether oxygens (including phenoxy) is 1. The fourth-order valence-corrected chi connectivity index (χ4v) is 2.82. The molecule has 2 aromatic rings. The van der Waals surface area contributed by atoms with Crippen LogP contribution in [0.5, 0.6) is 0 Å². The van der Waals surface area contributed by atoms with Gasteiger partial charge >= 0.3 is 0 Å². The molecule has 1 unspecified atom stereocenters. The van der Waals surface area contributed by atoms with Crippen LogP contribution in [-0.4, -0.2) is 36.8 Å². The van der Waals surface area contributed by atoms with Crippen LogP contribution in [0.3, 0.4) is 0 Å². The monoisotopic (exact) mass is 274 g/mol. The SMILES string of the molecule is COCC1CCN(c2cc3nc[nH]c(=O)c3cc2N)C1. The Labute approximate surface area is 116 Å². The molecule has 3 rings (SSSR count). The number of fused-ring (bicyclic) bond motifs is 1. The maximum absolute atomic E-state index is 11.7. The summed E-state index contributed by atoms with van der Waals surface area (Å²) in [6, 6.07) is 3.61. The van der Waals surface area contributed by atoms with Crippen LogP contribution in [0.15, 0.2) is 23.3 Å². The lowest BCUT2D eigenvalue weighted by atomic mass is 10.1. The molecule has 6 heteroatoms. The number of aromatic amines is 1. The first-order valence-electron chi connectivity index (χ1n) is 6.70. The zero-order chi connectivity index (χ0) is 14.1. The maximum atomic E-state index is 11.7. The molecule has 6 nitrogen and oxygen atoms in total. The number of nitrogens with zero attached hydrogens (tertiary/aromatic N) is 2. The van der Waals surface area contributed by atoms with E-state index < -0.39 is 0 Å². The summed E-state index contributed by atoms with van der Waals surface area (Å²) in [6.07, 6.45) is 2.51. The molecule has 0 bridgehead atoms. The second kappa shape index (κ2) is 5.13. The second-order valence-corrected chi connectivity index (χ2v) is 5.22. The minimum absolute atomic E-state index is 0.160. The number of nitrogens with two attached hydrogens (primary N) is 1. The number of anilines is 2. The molecule has 1 aliphatic rings. The van der Waals surface area contributed by atoms with Gasteiger partial charge in [0.15, 0.2) is 0 Å². The van der Waals surface area contributed by atoms with Gasteiger partial charge in [0.1, 0.15) is 0 Å². The highest BCUT2D eigenvalue weighted by Gasteiger charge is 2.24. The van der Waals surface area contributed by atoms with Crippen molar-refractivity contribution in [2.24, 2.45) is 5.92 Å². The van der Waals surface area contributed by atoms with Gasteiger partial charge in [-0.3, -0.25) is 4.79 Å². The van der Waals surface area contributed by atoms with Crippen LogP contribution in [0.1, 0.15) is 6.42 Å². The average molecular weight is 274 g/mol. The van der Waals surface area contributed by atoms with Gasteiger partial charge in [0.25, 0.3) is 5.56 Å². The van der Waals surface area contributed by atoms with Crippen LogP contribution < -0.4 is 16.2 Å². The molecule has 0 saturated carbocycles. The third-order valence-corrected chi connectivity index (χ3v) is 3.82. The quantitative estimate of drug-likeness (QED) is 0.815. The predicted molar refractivity (Wildman–Crippen MR) is 79.0 cm³/mol. The Kier molecular flexibility index (Phi) is 3.31. The van der Waals surface area contributed by atoms with Crippen molar-refractivity contribution < 1.29 is 4.74 Å². The number of benzene rings is 1. The van der Waals surface area contributed by atoms with E-state index in [-0.39, 0.29) is 5.56 Å². The Bertz CT molecular complexity index is 682. The van der Waals surface area contributed by atoms with Gasteiger partial charge in [-0.2, -0.15) is 0 Å². The number of nitrogens with one attached hydrogen (secondary N) is 1. The third kappa shape index (κ3) is 2.22. The van der Waals surface area contributed by atoms with E-state index in [1.165, 1.54) is 6.33 Å². The van der Waals surface area contributed by atoms with Crippen molar-refractivity contribution in [3.63, 3.8) is 0 Å². The van der Waals surface area contributed by atoms with E-state index >= 15 is 0 Å². The van der Waals surface area contributed by atoms with Crippen LogP contribution in [0, 0.1) is 5.92 Å². The summed E-state index contributed by atoms with van der Waals surface area (Å²) in [5.41, 5.74) is 8.19. The maximum Gasteiger partial charge on any atom is 0.258 e. The molecule has 0 aliphatic carbocycles. The summed E-state index contributed by atoms with van der Waals surface area (Å²) in [7, 11) is 1.73. The lowest BCUT2D eigenvalue weighted by molar-refractivity contribution is 0.161. The fraction of sp³-hybridized carbons (Fsp3) is 0.429. The van der Waals surface area contributed by atoms with E-state index in [1.54, 1.807) is 13.2 Å². The molecular weight excluding hydrogens is 256 g/mol. The lowest BCUT2D eigenvalue weighted by Crippen LogP contribution is -2.22. The van der Waals surface area contributed by atoms with E-state index in [9.17, 15) is 4.79 Å². The van der Waals surface area contributed by atoms with Crippen molar-refractivity contribution >= 4 is 22.3 Å². The van der Waals surface area contributed by atoms with Gasteiger partial charge in [-0.25, -0.2) is 4.98 Å². The van der Waals surface area contributed by atoms with Gasteiger partial charge in [0.2, 0.25) is 0 Å². The first-order chi connectivity index (χ1) is 9.69. The molecule has 1 aromatic heterocycles. The summed E-state index contributed by atoms with van der Waals surface area (Å²) >= 11 is 0. The van der Waals surface area contributed by atoms with Gasteiger partial charge in [-0.05, 0) is 18.6 Å². The number of hydrogen-bond donors (Lipinski definition) is 2. The number of H-pyrrole nitrogens is 1. The Morgan fingerprint density at radius 2 is 2.40 bits per heavy atom. The van der Waals surface area contributed by atoms with Gasteiger partial charge in [-0.15, -0.1) is 0 Å². The number of aromatic nitrogens is 2. The van der Waals surface area contributed by atoms with Crippen molar-refractivity contribution in [1.29, 1.82) is 0 Å². The topological polar surface area (TPSA) is 84.2 Å². The number of hydrogen-bond acceptors (Lipinski definition) is 5. The zero-order valence-electron chi connectivity index (χ0n) is 11.4. The van der Waals surface area contributed by atoms with E-state index in [2.05, 4.69) is 14.9 Å². The van der Waals surface area contributed by atoms with E-state index in [1.807, 2.05) is 6.07 Å². The summed E-state index contributed by atoms with van der Waals surface area (Å²) < 4.78 is 5.21. The highest BCUT2D eigenvalue weighted by atomic mass is 16.5. The standard InChI is InChI=1S/C14H18N4O2/c1-20-7-9-2-3-18(6-9)13-5-12-10(4-11(13)15)14(19)17-8-16-12/h4-5,8-9H,2-3,6-7,15H2,1H3,(H,16,17,19). The molecular formula is C14H18N4O2. The van der Waals surface area contributed by atoms with E-state index in [4.69, 9.17) is 10.5 Å². The zero-order valence-corrected chi connectivity index (χ0v) is 11.4. The molecule has 1 aliphatic heterocycles. The Morgan fingerprint density at radius 3 is 3.20 bits per heavy atom. The molecule has 3 N–H and O–H groups in total. The van der Waals surface area contributed by atoms with E-state index in [0.29, 0.717) is 22.5 Å². The first-order valence-corrected chi connectivity index (χ1v) is 6.70. The summed E-state index contributed by atoms with van der Waals surface area (Å²) in [6.45, 7) is 2.64. The van der Waals surface area contributed by atoms with Crippen molar-refractivity contribution in [3.8, 4) is 0 Å². The molecule has 20 heavy (non-hydrogen) atoms. The second-order valence-electron chi connectivity index (χ2n) is 5.22. The average Bonchev–Trinajstić information content (AvgIpc) is 2.88. The minimum atomic E-state index is -0.160. The number of rotatable bonds is 3. The highest BCUT2D eigenvalue weighted by Crippen LogP contribution is 2.31. The Balaban J connectivity index is 1.96. The third-order valence-electron chi connectivity index (χ3n) is 3.82. The Morgan fingerprint density at radius 1 is 1.55 bits per heavy atom. The first kappa shape index (κ1) is 12.9. The van der Waals surface area contributed by atoms with Crippen LogP contribution >= 0.6 is 0 Å². The largest absolute Gasteiger partial charge is 0.397 e. The summed E-state index contributed by atoms with van der Waals surface area (Å²) in [4.78, 5) is 20.7.